The fraction of sp³-hybridized carbons (Fsp3) is 0.421. The Morgan fingerprint density at radius 3 is 2.25 bits per heavy atom. The van der Waals surface area contributed by atoms with E-state index in [2.05, 4.69) is 20.9 Å². The van der Waals surface area contributed by atoms with Crippen molar-refractivity contribution in [3.05, 3.63) is 59.5 Å². The van der Waals surface area contributed by atoms with Crippen LogP contribution in [-0.2, 0) is 29.8 Å². The van der Waals surface area contributed by atoms with Gasteiger partial charge in [-0.25, -0.2) is 0 Å². The van der Waals surface area contributed by atoms with Gasteiger partial charge >= 0.3 is 0 Å². The van der Waals surface area contributed by atoms with Gasteiger partial charge in [0.05, 0.1) is 11.0 Å². The number of benzene rings is 3. The summed E-state index contributed by atoms with van der Waals surface area (Å²) in [6, 6.07) is 11.7. The number of hydrogen-bond donors (Lipinski definition) is 7. The van der Waals surface area contributed by atoms with E-state index in [0.717, 1.165) is 0 Å². The number of aliphatic hydroxyl groups excluding tert-OH is 1. The van der Waals surface area contributed by atoms with Gasteiger partial charge in [0.1, 0.15) is 6.23 Å². The fourth-order valence-electron chi connectivity index (χ4n) is 6.10. The highest BCUT2D eigenvalue weighted by atomic mass is 32.2. The molecule has 17 nitrogen and oxygen atoms in total. The van der Waals surface area contributed by atoms with Crippen molar-refractivity contribution in [2.45, 2.75) is 69.4 Å². The minimum atomic E-state index is -5.07. The summed E-state index contributed by atoms with van der Waals surface area (Å²) in [6.07, 6.45) is 0.465. The van der Waals surface area contributed by atoms with Crippen LogP contribution in [0.1, 0.15) is 63.7 Å². The number of carbonyl (C=O) groups excluding carboxylic acids is 3. The molecule has 1 heterocycles. The van der Waals surface area contributed by atoms with Crippen LogP contribution >= 0.6 is 0 Å². The molecule has 8 N–H and O–H groups in total. The number of amides is 3. The smallest absolute Gasteiger partial charge is 0.300 e. The predicted molar refractivity (Wildman–Crippen MR) is 213 cm³/mol. The minimum Gasteiger partial charge on any atom is -0.453 e. The monoisotopic (exact) mass is 830 g/mol. The number of anilines is 1. The SMILES string of the molecule is CC/N=c1\ccc2c(-c3ccccc3C(=O)N(C)CCCC(=O)NCCNC(O)CCNC(=O)C(C)(C)CC)c3ccc(N)c(S(=O)(=O)O)c3oc-2c1S(=O)(=O)O. The molecule has 1 atom stereocenters. The molecule has 4 rings (SSSR count). The van der Waals surface area contributed by atoms with Crippen molar-refractivity contribution >= 4 is 54.6 Å². The van der Waals surface area contributed by atoms with Crippen molar-refractivity contribution in [3.63, 3.8) is 0 Å². The number of carbonyl (C=O) groups is 3. The molecule has 2 aromatic rings. The second kappa shape index (κ2) is 18.6. The minimum absolute atomic E-state index is 0.0511. The van der Waals surface area contributed by atoms with Crippen LogP contribution in [0.25, 0.3) is 33.4 Å². The number of nitrogen functional groups attached to an aromatic ring is 1. The Kier molecular flexibility index (Phi) is 14.6. The Morgan fingerprint density at radius 2 is 1.60 bits per heavy atom. The van der Waals surface area contributed by atoms with Gasteiger partial charge in [-0.1, -0.05) is 39.0 Å². The lowest BCUT2D eigenvalue weighted by Gasteiger charge is -2.22. The molecule has 0 bridgehead atoms. The third-order valence-electron chi connectivity index (χ3n) is 9.52. The van der Waals surface area contributed by atoms with Gasteiger partial charge in [0.15, 0.2) is 21.1 Å². The molecule has 1 unspecified atom stereocenters. The Hall–Kier alpha value is -4.92. The van der Waals surface area contributed by atoms with E-state index in [1.54, 1.807) is 25.1 Å². The number of nitrogens with zero attached hydrogens (tertiary/aromatic N) is 2. The van der Waals surface area contributed by atoms with Crippen LogP contribution in [0.3, 0.4) is 0 Å². The Bertz CT molecular complexity index is 2400. The standard InChI is InChI=1S/C38H50N6O11S2/c1-6-38(3,4)37(48)43-19-18-30(46)42-21-20-41-29(45)13-10-22-44(5)36(47)24-12-9-8-11-23(24)31-25-14-16-27(39)34(56(49,50)51)32(25)55-33-26(31)15-17-28(40-7-2)35(33)57(52,53)54/h8-9,11-12,14-17,30,42,46H,6-7,10,13,18-22,39H2,1-5H3,(H,41,45)(H,43,48)(H,49,50,51)(H,52,53,54)/b40-28+. The highest BCUT2D eigenvalue weighted by molar-refractivity contribution is 7.86. The predicted octanol–water partition coefficient (Wildman–Crippen LogP) is 3.02. The van der Waals surface area contributed by atoms with Crippen LogP contribution in [0.5, 0.6) is 0 Å². The first-order chi connectivity index (χ1) is 26.7. The summed E-state index contributed by atoms with van der Waals surface area (Å²) in [7, 11) is -8.58. The Balaban J connectivity index is 1.54. The van der Waals surface area contributed by atoms with Crippen LogP contribution in [0.15, 0.2) is 67.7 Å². The summed E-state index contributed by atoms with van der Waals surface area (Å²) < 4.78 is 77.3. The molecule has 0 fully saturated rings. The third kappa shape index (κ3) is 10.7. The summed E-state index contributed by atoms with van der Waals surface area (Å²) in [5.41, 5.74) is 5.12. The van der Waals surface area contributed by atoms with Gasteiger partial charge in [0.25, 0.3) is 26.1 Å². The van der Waals surface area contributed by atoms with Gasteiger partial charge in [-0.15, -0.1) is 0 Å². The first kappa shape index (κ1) is 44.8. The average Bonchev–Trinajstić information content (AvgIpc) is 3.14. The largest absolute Gasteiger partial charge is 0.453 e. The molecule has 0 aromatic heterocycles. The maximum absolute atomic E-state index is 14.0. The van der Waals surface area contributed by atoms with E-state index in [9.17, 15) is 45.4 Å². The van der Waals surface area contributed by atoms with E-state index >= 15 is 0 Å². The van der Waals surface area contributed by atoms with Crippen molar-refractivity contribution in [1.82, 2.24) is 20.9 Å². The third-order valence-corrected chi connectivity index (χ3v) is 11.4. The first-order valence-electron chi connectivity index (χ1n) is 18.3. The highest BCUT2D eigenvalue weighted by Crippen LogP contribution is 2.45. The zero-order valence-electron chi connectivity index (χ0n) is 32.5. The molecule has 2 aliphatic rings. The Labute approximate surface area is 331 Å². The lowest BCUT2D eigenvalue weighted by molar-refractivity contribution is -0.129. The Morgan fingerprint density at radius 1 is 0.912 bits per heavy atom. The molecule has 0 saturated carbocycles. The molecule has 1 aliphatic carbocycles. The van der Waals surface area contributed by atoms with E-state index in [0.29, 0.717) is 13.0 Å². The van der Waals surface area contributed by atoms with Crippen molar-refractivity contribution in [2.75, 3.05) is 45.5 Å². The van der Waals surface area contributed by atoms with Gasteiger partial charge in [-0.3, -0.25) is 33.8 Å². The van der Waals surface area contributed by atoms with Gasteiger partial charge in [0, 0.05) is 80.1 Å². The number of rotatable bonds is 18. The molecule has 57 heavy (non-hydrogen) atoms. The normalized spacial score (nSPS) is 13.2. The molecular formula is C38H50N6O11S2. The van der Waals surface area contributed by atoms with E-state index in [4.69, 9.17) is 10.2 Å². The summed E-state index contributed by atoms with van der Waals surface area (Å²) in [4.78, 5) is 42.7. The summed E-state index contributed by atoms with van der Waals surface area (Å²) in [6.45, 7) is 8.34. The molecule has 0 spiro atoms. The number of fused-ring (bicyclic) bond motifs is 2. The van der Waals surface area contributed by atoms with Gasteiger partial charge in [0.2, 0.25) is 11.8 Å². The molecular weight excluding hydrogens is 781 g/mol. The average molecular weight is 831 g/mol. The van der Waals surface area contributed by atoms with Crippen LogP contribution in [0.2, 0.25) is 0 Å². The zero-order valence-corrected chi connectivity index (χ0v) is 34.1. The number of nitrogens with one attached hydrogen (secondary N) is 3. The van der Waals surface area contributed by atoms with Crippen LogP contribution in [0, 0.1) is 5.41 Å². The molecule has 1 aliphatic heterocycles. The lowest BCUT2D eigenvalue weighted by atomic mass is 9.89. The fourth-order valence-corrected chi connectivity index (χ4v) is 7.63. The molecule has 2 aromatic carbocycles. The van der Waals surface area contributed by atoms with Gasteiger partial charge in [-0.05, 0) is 55.7 Å². The van der Waals surface area contributed by atoms with Crippen molar-refractivity contribution in [3.8, 4) is 22.5 Å². The first-order valence-corrected chi connectivity index (χ1v) is 21.2. The molecule has 19 heteroatoms. The van der Waals surface area contributed by atoms with Crippen LogP contribution in [-0.4, -0.2) is 99.7 Å². The highest BCUT2D eigenvalue weighted by Gasteiger charge is 2.32. The van der Waals surface area contributed by atoms with E-state index in [1.165, 1.54) is 42.3 Å². The van der Waals surface area contributed by atoms with Crippen molar-refractivity contribution in [2.24, 2.45) is 10.4 Å². The molecule has 3 amide bonds. The quantitative estimate of drug-likeness (QED) is 0.0250. The van der Waals surface area contributed by atoms with Crippen molar-refractivity contribution in [1.29, 1.82) is 0 Å². The van der Waals surface area contributed by atoms with Gasteiger partial charge < -0.3 is 30.8 Å². The van der Waals surface area contributed by atoms with E-state index < -0.39 is 64.6 Å². The molecule has 0 radical (unpaired) electrons. The van der Waals surface area contributed by atoms with Crippen LogP contribution < -0.4 is 27.0 Å². The summed E-state index contributed by atoms with van der Waals surface area (Å²) in [5, 5.41) is 18.5. The number of hydrogen-bond acceptors (Lipinski definition) is 12. The topological polar surface area (TPSA) is 271 Å². The van der Waals surface area contributed by atoms with E-state index in [1.807, 2.05) is 20.8 Å². The van der Waals surface area contributed by atoms with Crippen LogP contribution in [0.4, 0.5) is 5.69 Å². The molecule has 310 valence electrons. The second-order valence-corrected chi connectivity index (χ2v) is 16.7. The maximum atomic E-state index is 14.0. The maximum Gasteiger partial charge on any atom is 0.300 e. The summed E-state index contributed by atoms with van der Waals surface area (Å²) >= 11 is 0. The number of nitrogens with two attached hydrogens (primary N) is 1. The van der Waals surface area contributed by atoms with Crippen molar-refractivity contribution < 1.29 is 49.8 Å². The van der Waals surface area contributed by atoms with E-state index in [-0.39, 0.29) is 90.3 Å². The summed E-state index contributed by atoms with van der Waals surface area (Å²) in [5.74, 6) is -1.34. The van der Waals surface area contributed by atoms with Gasteiger partial charge in [-0.2, -0.15) is 16.8 Å². The second-order valence-electron chi connectivity index (χ2n) is 14.0. The lowest BCUT2D eigenvalue weighted by Crippen LogP contribution is -2.41. The molecule has 0 saturated heterocycles. The zero-order chi connectivity index (χ0) is 42.3. The number of aliphatic hydroxyl groups is 1.